The number of benzene rings is 1. The Labute approximate surface area is 102 Å². The van der Waals surface area contributed by atoms with Crippen LogP contribution < -0.4 is 4.74 Å². The molecule has 0 spiro atoms. The highest BCUT2D eigenvalue weighted by molar-refractivity contribution is 5.37. The molecule has 1 aliphatic heterocycles. The number of rotatable bonds is 3. The standard InChI is InChI=1S/C14H18O3/c1-2-4-12-9-13(6-5-11(12)3-1)17-10-14-15-7-8-16-14/h5-6,9,14H,1-4,7-8,10H2. The van der Waals surface area contributed by atoms with Crippen molar-refractivity contribution < 1.29 is 14.2 Å². The maximum absolute atomic E-state index is 5.71. The average Bonchev–Trinajstić information content (AvgIpc) is 2.89. The predicted octanol–water partition coefficient (Wildman–Crippen LogP) is 2.32. The number of fused-ring (bicyclic) bond motifs is 1. The summed E-state index contributed by atoms with van der Waals surface area (Å²) in [6, 6.07) is 6.42. The lowest BCUT2D eigenvalue weighted by Crippen LogP contribution is -2.18. The summed E-state index contributed by atoms with van der Waals surface area (Å²) in [4.78, 5) is 0. The van der Waals surface area contributed by atoms with Gasteiger partial charge in [-0.15, -0.1) is 0 Å². The highest BCUT2D eigenvalue weighted by Gasteiger charge is 2.17. The molecule has 1 aromatic rings. The molecule has 0 aromatic heterocycles. The van der Waals surface area contributed by atoms with Crippen LogP contribution in [0, 0.1) is 0 Å². The second-order valence-corrected chi connectivity index (χ2v) is 4.62. The molecule has 2 aliphatic rings. The van der Waals surface area contributed by atoms with Crippen molar-refractivity contribution in [2.45, 2.75) is 32.0 Å². The summed E-state index contributed by atoms with van der Waals surface area (Å²) in [5, 5.41) is 0. The minimum absolute atomic E-state index is 0.189. The maximum Gasteiger partial charge on any atom is 0.191 e. The van der Waals surface area contributed by atoms with Gasteiger partial charge in [-0.05, 0) is 48.9 Å². The lowest BCUT2D eigenvalue weighted by Gasteiger charge is -2.17. The molecule has 1 aliphatic carbocycles. The van der Waals surface area contributed by atoms with Gasteiger partial charge < -0.3 is 14.2 Å². The second kappa shape index (κ2) is 5.07. The maximum atomic E-state index is 5.71. The SMILES string of the molecule is c1cc2c(cc1OCC1OCCO1)CCCC2. The van der Waals surface area contributed by atoms with Crippen molar-refractivity contribution in [2.75, 3.05) is 19.8 Å². The van der Waals surface area contributed by atoms with Crippen LogP contribution in [0.25, 0.3) is 0 Å². The Morgan fingerprint density at radius 3 is 2.65 bits per heavy atom. The fourth-order valence-electron chi connectivity index (χ4n) is 2.47. The van der Waals surface area contributed by atoms with E-state index in [-0.39, 0.29) is 6.29 Å². The minimum atomic E-state index is -0.189. The highest BCUT2D eigenvalue weighted by atomic mass is 16.7. The van der Waals surface area contributed by atoms with Crippen LogP contribution in [0.1, 0.15) is 24.0 Å². The highest BCUT2D eigenvalue weighted by Crippen LogP contribution is 2.25. The number of ether oxygens (including phenoxy) is 3. The third-order valence-electron chi connectivity index (χ3n) is 3.40. The summed E-state index contributed by atoms with van der Waals surface area (Å²) < 4.78 is 16.4. The molecule has 0 N–H and O–H groups in total. The first-order valence-corrected chi connectivity index (χ1v) is 6.39. The fraction of sp³-hybridized carbons (Fsp3) is 0.571. The summed E-state index contributed by atoms with van der Waals surface area (Å²) in [6.45, 7) is 1.84. The molecule has 0 atom stereocenters. The third-order valence-corrected chi connectivity index (χ3v) is 3.40. The molecule has 1 aromatic carbocycles. The van der Waals surface area contributed by atoms with Crippen molar-refractivity contribution in [3.8, 4) is 5.75 Å². The van der Waals surface area contributed by atoms with E-state index in [2.05, 4.69) is 18.2 Å². The number of aryl methyl sites for hydroxylation is 2. The first-order chi connectivity index (χ1) is 8.42. The number of hydrogen-bond donors (Lipinski definition) is 0. The summed E-state index contributed by atoms with van der Waals surface area (Å²) in [5.74, 6) is 0.935. The zero-order chi connectivity index (χ0) is 11.5. The largest absolute Gasteiger partial charge is 0.488 e. The predicted molar refractivity (Wildman–Crippen MR) is 64.3 cm³/mol. The minimum Gasteiger partial charge on any atom is -0.488 e. The summed E-state index contributed by atoms with van der Waals surface area (Å²) in [5.41, 5.74) is 2.93. The summed E-state index contributed by atoms with van der Waals surface area (Å²) >= 11 is 0. The molecule has 0 radical (unpaired) electrons. The molecule has 1 saturated heterocycles. The number of hydrogen-bond acceptors (Lipinski definition) is 3. The van der Waals surface area contributed by atoms with Crippen LogP contribution in [-0.4, -0.2) is 26.1 Å². The second-order valence-electron chi connectivity index (χ2n) is 4.62. The van der Waals surface area contributed by atoms with Gasteiger partial charge in [0.15, 0.2) is 6.29 Å². The van der Waals surface area contributed by atoms with Crippen molar-refractivity contribution in [3.63, 3.8) is 0 Å². The van der Waals surface area contributed by atoms with E-state index < -0.39 is 0 Å². The van der Waals surface area contributed by atoms with E-state index in [0.29, 0.717) is 19.8 Å². The normalized spacial score (nSPS) is 20.2. The lowest BCUT2D eigenvalue weighted by atomic mass is 9.92. The topological polar surface area (TPSA) is 27.7 Å². The fourth-order valence-corrected chi connectivity index (χ4v) is 2.47. The van der Waals surface area contributed by atoms with Crippen molar-refractivity contribution in [1.82, 2.24) is 0 Å². The van der Waals surface area contributed by atoms with Gasteiger partial charge in [-0.2, -0.15) is 0 Å². The van der Waals surface area contributed by atoms with Crippen LogP contribution >= 0.6 is 0 Å². The molecule has 0 saturated carbocycles. The van der Waals surface area contributed by atoms with Gasteiger partial charge >= 0.3 is 0 Å². The van der Waals surface area contributed by atoms with Crippen molar-refractivity contribution >= 4 is 0 Å². The van der Waals surface area contributed by atoms with E-state index in [4.69, 9.17) is 14.2 Å². The van der Waals surface area contributed by atoms with E-state index in [1.807, 2.05) is 0 Å². The van der Waals surface area contributed by atoms with E-state index >= 15 is 0 Å². The molecule has 1 heterocycles. The Morgan fingerprint density at radius 2 is 1.82 bits per heavy atom. The van der Waals surface area contributed by atoms with Gasteiger partial charge in [-0.3, -0.25) is 0 Å². The van der Waals surface area contributed by atoms with Crippen LogP contribution in [0.5, 0.6) is 5.75 Å². The molecule has 0 unspecified atom stereocenters. The molecule has 1 fully saturated rings. The van der Waals surface area contributed by atoms with E-state index in [1.165, 1.54) is 36.8 Å². The molecule has 3 heteroatoms. The molecule has 3 rings (SSSR count). The van der Waals surface area contributed by atoms with E-state index in [1.54, 1.807) is 0 Å². The van der Waals surface area contributed by atoms with E-state index in [9.17, 15) is 0 Å². The molecule has 17 heavy (non-hydrogen) atoms. The molecule has 0 bridgehead atoms. The van der Waals surface area contributed by atoms with Crippen LogP contribution in [-0.2, 0) is 22.3 Å². The zero-order valence-corrected chi connectivity index (χ0v) is 9.98. The first-order valence-electron chi connectivity index (χ1n) is 6.39. The Kier molecular flexibility index (Phi) is 3.29. The van der Waals surface area contributed by atoms with Crippen LogP contribution in [0.4, 0.5) is 0 Å². The van der Waals surface area contributed by atoms with Gasteiger partial charge in [0, 0.05) is 0 Å². The van der Waals surface area contributed by atoms with Crippen LogP contribution in [0.2, 0.25) is 0 Å². The zero-order valence-electron chi connectivity index (χ0n) is 9.98. The Hall–Kier alpha value is -1.06. The van der Waals surface area contributed by atoms with Gasteiger partial charge in [-0.1, -0.05) is 6.07 Å². The molecular formula is C14H18O3. The van der Waals surface area contributed by atoms with Gasteiger partial charge in [0.25, 0.3) is 0 Å². The van der Waals surface area contributed by atoms with Crippen molar-refractivity contribution in [2.24, 2.45) is 0 Å². The van der Waals surface area contributed by atoms with Gasteiger partial charge in [-0.25, -0.2) is 0 Å². The molecule has 3 nitrogen and oxygen atoms in total. The van der Waals surface area contributed by atoms with Crippen LogP contribution in [0.15, 0.2) is 18.2 Å². The Balaban J connectivity index is 1.62. The van der Waals surface area contributed by atoms with Gasteiger partial charge in [0.1, 0.15) is 12.4 Å². The van der Waals surface area contributed by atoms with E-state index in [0.717, 1.165) is 5.75 Å². The van der Waals surface area contributed by atoms with Crippen LogP contribution in [0.3, 0.4) is 0 Å². The Bertz CT molecular complexity index is 383. The smallest absolute Gasteiger partial charge is 0.191 e. The average molecular weight is 234 g/mol. The van der Waals surface area contributed by atoms with Crippen molar-refractivity contribution in [3.05, 3.63) is 29.3 Å². The van der Waals surface area contributed by atoms with Gasteiger partial charge in [0.2, 0.25) is 0 Å². The first kappa shape index (κ1) is 11.1. The molecular weight excluding hydrogens is 216 g/mol. The summed E-state index contributed by atoms with van der Waals surface area (Å²) in [6.07, 6.45) is 4.82. The Morgan fingerprint density at radius 1 is 1.06 bits per heavy atom. The lowest BCUT2D eigenvalue weighted by molar-refractivity contribution is -0.0684. The van der Waals surface area contributed by atoms with Crippen molar-refractivity contribution in [1.29, 1.82) is 0 Å². The van der Waals surface area contributed by atoms with Gasteiger partial charge in [0.05, 0.1) is 13.2 Å². The molecule has 92 valence electrons. The summed E-state index contributed by atoms with van der Waals surface area (Å²) in [7, 11) is 0. The molecule has 0 amide bonds. The third kappa shape index (κ3) is 2.61. The quantitative estimate of drug-likeness (QED) is 0.803. The monoisotopic (exact) mass is 234 g/mol.